The zero-order valence-electron chi connectivity index (χ0n) is 19.2. The third kappa shape index (κ3) is 5.54. The normalized spacial score (nSPS) is 14.2. The average molecular weight is 461 g/mol. The summed E-state index contributed by atoms with van der Waals surface area (Å²) >= 11 is 0. The van der Waals surface area contributed by atoms with Gasteiger partial charge >= 0.3 is 0 Å². The fraction of sp³-hybridized carbons (Fsp3) is 0.458. The Morgan fingerprint density at radius 2 is 1.78 bits per heavy atom. The van der Waals surface area contributed by atoms with Crippen LogP contribution < -0.4 is 19.1 Å². The molecule has 0 aliphatic heterocycles. The van der Waals surface area contributed by atoms with Gasteiger partial charge < -0.3 is 14.8 Å². The second kappa shape index (κ2) is 10.3. The van der Waals surface area contributed by atoms with Crippen molar-refractivity contribution in [3.63, 3.8) is 0 Å². The van der Waals surface area contributed by atoms with Crippen molar-refractivity contribution in [2.75, 3.05) is 31.3 Å². The number of rotatable bonds is 9. The number of nitrogens with zero attached hydrogens (tertiary/aromatic N) is 1. The van der Waals surface area contributed by atoms with E-state index >= 15 is 0 Å². The van der Waals surface area contributed by atoms with Crippen LogP contribution in [-0.2, 0) is 27.7 Å². The van der Waals surface area contributed by atoms with E-state index in [1.165, 1.54) is 38.2 Å². The first-order valence-electron chi connectivity index (χ1n) is 10.9. The molecule has 1 aliphatic rings. The number of fused-ring (bicyclic) bond motifs is 1. The van der Waals surface area contributed by atoms with Crippen molar-refractivity contribution < 1.29 is 22.7 Å². The van der Waals surface area contributed by atoms with Crippen molar-refractivity contribution in [1.82, 2.24) is 5.32 Å². The van der Waals surface area contributed by atoms with Crippen LogP contribution in [0.1, 0.15) is 48.9 Å². The standard InChI is InChI=1S/C24H32N2O5S/c1-5-21(19-11-10-17-8-6-7-9-18(17)14-19)25-24(27)16-26(32(4,28)29)22-13-12-20(30-2)15-23(22)31-3/h10-15,21H,5-9,16H2,1-4H3,(H,25,27)/t21-/m1/s1. The first-order chi connectivity index (χ1) is 15.3. The van der Waals surface area contributed by atoms with Gasteiger partial charge in [-0.3, -0.25) is 9.10 Å². The maximum absolute atomic E-state index is 12.9. The van der Waals surface area contributed by atoms with E-state index in [0.717, 1.165) is 29.0 Å². The Labute approximate surface area is 190 Å². The Morgan fingerprint density at radius 3 is 2.41 bits per heavy atom. The van der Waals surface area contributed by atoms with E-state index in [9.17, 15) is 13.2 Å². The minimum absolute atomic E-state index is 0.186. The van der Waals surface area contributed by atoms with Crippen LogP contribution in [0.15, 0.2) is 36.4 Å². The average Bonchev–Trinajstić information content (AvgIpc) is 2.79. The lowest BCUT2D eigenvalue weighted by Crippen LogP contribution is -2.41. The van der Waals surface area contributed by atoms with E-state index in [4.69, 9.17) is 9.47 Å². The van der Waals surface area contributed by atoms with Crippen molar-refractivity contribution in [1.29, 1.82) is 0 Å². The molecule has 0 saturated carbocycles. The zero-order valence-corrected chi connectivity index (χ0v) is 20.0. The van der Waals surface area contributed by atoms with Gasteiger partial charge in [0.25, 0.3) is 0 Å². The molecular formula is C24H32N2O5S. The highest BCUT2D eigenvalue weighted by Crippen LogP contribution is 2.33. The van der Waals surface area contributed by atoms with Gasteiger partial charge in [-0.15, -0.1) is 0 Å². The highest BCUT2D eigenvalue weighted by molar-refractivity contribution is 7.92. The summed E-state index contributed by atoms with van der Waals surface area (Å²) in [5.41, 5.74) is 4.07. The number of ether oxygens (including phenoxy) is 2. The Balaban J connectivity index is 1.81. The Hall–Kier alpha value is -2.74. The molecule has 174 valence electrons. The zero-order chi connectivity index (χ0) is 23.3. The summed E-state index contributed by atoms with van der Waals surface area (Å²) in [6, 6.07) is 11.0. The number of carbonyl (C=O) groups excluding carboxylic acids is 1. The van der Waals surface area contributed by atoms with Crippen molar-refractivity contribution in [3.8, 4) is 11.5 Å². The summed E-state index contributed by atoms with van der Waals surface area (Å²) in [7, 11) is -0.771. The SMILES string of the molecule is CC[C@@H](NC(=O)CN(c1ccc(OC)cc1OC)S(C)(=O)=O)c1ccc2c(c1)CCCC2. The highest BCUT2D eigenvalue weighted by atomic mass is 32.2. The summed E-state index contributed by atoms with van der Waals surface area (Å²) in [5.74, 6) is 0.462. The van der Waals surface area contributed by atoms with E-state index in [0.29, 0.717) is 17.9 Å². The van der Waals surface area contributed by atoms with Crippen LogP contribution in [-0.4, -0.2) is 41.3 Å². The van der Waals surface area contributed by atoms with E-state index in [1.54, 1.807) is 18.2 Å². The maximum Gasteiger partial charge on any atom is 0.241 e. The second-order valence-electron chi connectivity index (χ2n) is 8.07. The molecule has 1 aliphatic carbocycles. The van der Waals surface area contributed by atoms with Gasteiger partial charge in [0.15, 0.2) is 0 Å². The number of hydrogen-bond donors (Lipinski definition) is 1. The number of nitrogens with one attached hydrogen (secondary N) is 1. The lowest BCUT2D eigenvalue weighted by Gasteiger charge is -2.26. The van der Waals surface area contributed by atoms with Gasteiger partial charge in [-0.25, -0.2) is 8.42 Å². The maximum atomic E-state index is 12.9. The third-order valence-electron chi connectivity index (χ3n) is 5.86. The molecule has 2 aromatic carbocycles. The molecule has 0 bridgehead atoms. The predicted molar refractivity (Wildman–Crippen MR) is 126 cm³/mol. The molecule has 0 spiro atoms. The van der Waals surface area contributed by atoms with Crippen LogP contribution in [0.2, 0.25) is 0 Å². The van der Waals surface area contributed by atoms with E-state index in [1.807, 2.05) is 6.92 Å². The third-order valence-corrected chi connectivity index (χ3v) is 6.99. The van der Waals surface area contributed by atoms with Gasteiger partial charge in [-0.2, -0.15) is 0 Å². The van der Waals surface area contributed by atoms with Crippen LogP contribution >= 0.6 is 0 Å². The molecule has 3 rings (SSSR count). The van der Waals surface area contributed by atoms with Crippen LogP contribution in [0.3, 0.4) is 0 Å². The lowest BCUT2D eigenvalue weighted by atomic mass is 9.89. The first kappa shape index (κ1) is 23.9. The van der Waals surface area contributed by atoms with Crippen LogP contribution in [0.4, 0.5) is 5.69 Å². The molecule has 32 heavy (non-hydrogen) atoms. The number of anilines is 1. The quantitative estimate of drug-likeness (QED) is 0.618. The second-order valence-corrected chi connectivity index (χ2v) is 9.98. The number of sulfonamides is 1. The van der Waals surface area contributed by atoms with Gasteiger partial charge in [0.2, 0.25) is 15.9 Å². The summed E-state index contributed by atoms with van der Waals surface area (Å²) in [6.45, 7) is 1.66. The lowest BCUT2D eigenvalue weighted by molar-refractivity contribution is -0.120. The van der Waals surface area contributed by atoms with Crippen LogP contribution in [0.25, 0.3) is 0 Å². The monoisotopic (exact) mass is 460 g/mol. The van der Waals surface area contributed by atoms with Crippen molar-refractivity contribution in [2.24, 2.45) is 0 Å². The largest absolute Gasteiger partial charge is 0.497 e. The molecule has 0 heterocycles. The van der Waals surface area contributed by atoms with E-state index in [2.05, 4.69) is 23.5 Å². The molecule has 0 fully saturated rings. The van der Waals surface area contributed by atoms with Crippen molar-refractivity contribution >= 4 is 21.6 Å². The Morgan fingerprint density at radius 1 is 1.06 bits per heavy atom. The number of benzene rings is 2. The van der Waals surface area contributed by atoms with Crippen LogP contribution in [0, 0.1) is 0 Å². The topological polar surface area (TPSA) is 84.9 Å². The number of carbonyl (C=O) groups is 1. The molecule has 8 heteroatoms. The minimum Gasteiger partial charge on any atom is -0.497 e. The van der Waals surface area contributed by atoms with Gasteiger partial charge in [-0.1, -0.05) is 25.1 Å². The molecule has 1 N–H and O–H groups in total. The Bertz CT molecular complexity index is 1070. The van der Waals surface area contributed by atoms with E-state index in [-0.39, 0.29) is 24.2 Å². The Kier molecular flexibility index (Phi) is 7.66. The fourth-order valence-corrected chi connectivity index (χ4v) is 4.99. The van der Waals surface area contributed by atoms with Crippen LogP contribution in [0.5, 0.6) is 11.5 Å². The summed E-state index contributed by atoms with van der Waals surface area (Å²) < 4.78 is 36.7. The highest BCUT2D eigenvalue weighted by Gasteiger charge is 2.26. The smallest absolute Gasteiger partial charge is 0.241 e. The van der Waals surface area contributed by atoms with E-state index < -0.39 is 10.0 Å². The fourth-order valence-electron chi connectivity index (χ4n) is 4.13. The minimum atomic E-state index is -3.73. The molecule has 0 radical (unpaired) electrons. The number of aryl methyl sites for hydroxylation is 2. The van der Waals surface area contributed by atoms with Gasteiger partial charge in [0.05, 0.1) is 32.2 Å². The molecular weight excluding hydrogens is 428 g/mol. The summed E-state index contributed by atoms with van der Waals surface area (Å²) in [5, 5.41) is 3.01. The molecule has 1 atom stereocenters. The van der Waals surface area contributed by atoms with Crippen molar-refractivity contribution in [2.45, 2.75) is 45.1 Å². The molecule has 2 aromatic rings. The van der Waals surface area contributed by atoms with Gasteiger partial charge in [0, 0.05) is 6.07 Å². The summed E-state index contributed by atoms with van der Waals surface area (Å²) in [4.78, 5) is 12.9. The van der Waals surface area contributed by atoms with Gasteiger partial charge in [0.1, 0.15) is 18.0 Å². The number of methoxy groups -OCH3 is 2. The number of hydrogen-bond acceptors (Lipinski definition) is 5. The van der Waals surface area contributed by atoms with Crippen molar-refractivity contribution in [3.05, 3.63) is 53.1 Å². The first-order valence-corrected chi connectivity index (χ1v) is 12.7. The molecule has 0 unspecified atom stereocenters. The molecule has 1 amide bonds. The number of amides is 1. The molecule has 0 aromatic heterocycles. The molecule has 0 saturated heterocycles. The molecule has 7 nitrogen and oxygen atoms in total. The predicted octanol–water partition coefficient (Wildman–Crippen LogP) is 3.62. The summed E-state index contributed by atoms with van der Waals surface area (Å²) in [6.07, 6.45) is 6.35. The van der Waals surface area contributed by atoms with Gasteiger partial charge in [-0.05, 0) is 60.9 Å².